The highest BCUT2D eigenvalue weighted by atomic mass is 79.9. The first kappa shape index (κ1) is 19.4. The topological polar surface area (TPSA) is 115 Å². The van der Waals surface area contributed by atoms with Gasteiger partial charge in [0.1, 0.15) is 15.4 Å². The molecule has 3 N–H and O–H groups in total. The lowest BCUT2D eigenvalue weighted by Crippen LogP contribution is -1.87. The maximum atomic E-state index is 10.1. The fourth-order valence-corrected chi connectivity index (χ4v) is 1.33. The number of halogens is 2. The summed E-state index contributed by atoms with van der Waals surface area (Å²) in [6.45, 7) is 1.93. The Morgan fingerprint density at radius 1 is 1.19 bits per heavy atom. The number of hydrogen-bond acceptors (Lipinski definition) is 6. The van der Waals surface area contributed by atoms with Crippen LogP contribution in [0.4, 0.5) is 11.4 Å². The van der Waals surface area contributed by atoms with E-state index in [1.165, 1.54) is 18.3 Å². The Hall–Kier alpha value is -1.58. The maximum absolute atomic E-state index is 10.1. The molecular weight excluding hydrogens is 408 g/mol. The lowest BCUT2D eigenvalue weighted by molar-refractivity contribution is -0.385. The summed E-state index contributed by atoms with van der Waals surface area (Å²) >= 11 is 6.24. The van der Waals surface area contributed by atoms with Crippen LogP contribution in [0.2, 0.25) is 0 Å². The molecule has 2 aromatic heterocycles. The molecule has 0 aliphatic rings. The summed E-state index contributed by atoms with van der Waals surface area (Å²) in [6, 6.07) is 6.50. The van der Waals surface area contributed by atoms with Gasteiger partial charge in [0.05, 0.1) is 16.8 Å². The van der Waals surface area contributed by atoms with Crippen LogP contribution in [0.5, 0.6) is 0 Å². The third kappa shape index (κ3) is 9.88. The van der Waals surface area contributed by atoms with Crippen molar-refractivity contribution in [3.63, 3.8) is 0 Å². The van der Waals surface area contributed by atoms with Crippen molar-refractivity contribution in [1.82, 2.24) is 9.97 Å². The standard InChI is InChI=1S/C5H3BrN2O2.C5H5BrN2.C2H6O/c6-5-2-1-4(3-7-5)8(9)10;6-5-2-1-4(7)3-8-5;1-2-3/h1-3H;1-3H,7H2;3H,2H2,1H3. The molecule has 114 valence electrons. The minimum absolute atomic E-state index is 0.00296. The van der Waals surface area contributed by atoms with Crippen molar-refractivity contribution in [3.8, 4) is 0 Å². The van der Waals surface area contributed by atoms with Crippen LogP contribution in [-0.2, 0) is 0 Å². The summed E-state index contributed by atoms with van der Waals surface area (Å²) in [4.78, 5) is 17.1. The fourth-order valence-electron chi connectivity index (χ4n) is 0.863. The van der Waals surface area contributed by atoms with Gasteiger partial charge in [-0.15, -0.1) is 0 Å². The third-order valence-corrected chi connectivity index (χ3v) is 2.61. The van der Waals surface area contributed by atoms with E-state index in [4.69, 9.17) is 10.8 Å². The molecule has 0 aliphatic carbocycles. The Labute approximate surface area is 138 Å². The molecule has 0 aliphatic heterocycles. The molecule has 0 fully saturated rings. The molecule has 2 heterocycles. The normalized spacial score (nSPS) is 8.76. The number of aliphatic hydroxyl groups is 1. The molecule has 2 aromatic rings. The van der Waals surface area contributed by atoms with Crippen molar-refractivity contribution in [1.29, 1.82) is 0 Å². The van der Waals surface area contributed by atoms with Gasteiger partial charge in [-0.05, 0) is 57.0 Å². The molecule has 0 atom stereocenters. The largest absolute Gasteiger partial charge is 0.397 e. The molecule has 0 saturated carbocycles. The monoisotopic (exact) mass is 420 g/mol. The van der Waals surface area contributed by atoms with Crippen LogP contribution < -0.4 is 5.73 Å². The highest BCUT2D eigenvalue weighted by Gasteiger charge is 2.02. The first-order valence-electron chi connectivity index (χ1n) is 5.64. The molecule has 0 radical (unpaired) electrons. The van der Waals surface area contributed by atoms with Crippen LogP contribution in [0.3, 0.4) is 0 Å². The summed E-state index contributed by atoms with van der Waals surface area (Å²) < 4.78 is 1.41. The van der Waals surface area contributed by atoms with E-state index < -0.39 is 4.92 Å². The highest BCUT2D eigenvalue weighted by Crippen LogP contribution is 2.11. The first-order valence-corrected chi connectivity index (χ1v) is 7.23. The van der Waals surface area contributed by atoms with E-state index in [0.717, 1.165) is 4.60 Å². The van der Waals surface area contributed by atoms with E-state index in [1.54, 1.807) is 25.3 Å². The van der Waals surface area contributed by atoms with Gasteiger partial charge in [-0.2, -0.15) is 0 Å². The van der Waals surface area contributed by atoms with Gasteiger partial charge in [-0.3, -0.25) is 10.1 Å². The second kappa shape index (κ2) is 11.1. The first-order chi connectivity index (χ1) is 9.90. The van der Waals surface area contributed by atoms with Crippen molar-refractivity contribution in [2.24, 2.45) is 0 Å². The van der Waals surface area contributed by atoms with Gasteiger partial charge in [0.15, 0.2) is 0 Å². The summed E-state index contributed by atoms with van der Waals surface area (Å²) in [5, 5.41) is 17.6. The Morgan fingerprint density at radius 3 is 1.95 bits per heavy atom. The molecule has 7 nitrogen and oxygen atoms in total. The van der Waals surface area contributed by atoms with E-state index in [2.05, 4.69) is 41.8 Å². The van der Waals surface area contributed by atoms with Crippen molar-refractivity contribution >= 4 is 43.2 Å². The van der Waals surface area contributed by atoms with E-state index in [1.807, 2.05) is 0 Å². The predicted molar refractivity (Wildman–Crippen MR) is 87.7 cm³/mol. The molecule has 0 bridgehead atoms. The second-order valence-corrected chi connectivity index (χ2v) is 4.95. The van der Waals surface area contributed by atoms with Gasteiger partial charge in [0.2, 0.25) is 0 Å². The van der Waals surface area contributed by atoms with Crippen molar-refractivity contribution in [2.75, 3.05) is 12.3 Å². The number of nitrogen functional groups attached to an aromatic ring is 1. The van der Waals surface area contributed by atoms with Gasteiger partial charge >= 0.3 is 0 Å². The van der Waals surface area contributed by atoms with Crippen LogP contribution in [0, 0.1) is 10.1 Å². The van der Waals surface area contributed by atoms with Crippen LogP contribution >= 0.6 is 31.9 Å². The van der Waals surface area contributed by atoms with Crippen LogP contribution in [0.25, 0.3) is 0 Å². The van der Waals surface area contributed by atoms with Crippen molar-refractivity contribution < 1.29 is 10.0 Å². The quantitative estimate of drug-likeness (QED) is 0.415. The average Bonchev–Trinajstić information content (AvgIpc) is 2.44. The zero-order valence-electron chi connectivity index (χ0n) is 11.1. The van der Waals surface area contributed by atoms with Gasteiger partial charge in [0.25, 0.3) is 5.69 Å². The van der Waals surface area contributed by atoms with Crippen LogP contribution in [0.15, 0.2) is 45.9 Å². The molecule has 9 heteroatoms. The molecule has 2 rings (SSSR count). The second-order valence-electron chi connectivity index (χ2n) is 3.33. The number of nitro groups is 1. The predicted octanol–water partition coefficient (Wildman–Crippen LogP) is 3.18. The lowest BCUT2D eigenvalue weighted by Gasteiger charge is -1.88. The number of nitrogens with two attached hydrogens (primary N) is 1. The maximum Gasteiger partial charge on any atom is 0.287 e. The van der Waals surface area contributed by atoms with E-state index >= 15 is 0 Å². The molecular formula is C12H14Br2N4O3. The number of aromatic nitrogens is 2. The number of rotatable bonds is 1. The highest BCUT2D eigenvalue weighted by molar-refractivity contribution is 9.10. The summed E-state index contributed by atoms with van der Waals surface area (Å²) in [5.74, 6) is 0. The molecule has 0 saturated heterocycles. The lowest BCUT2D eigenvalue weighted by atomic mass is 10.4. The Balaban J connectivity index is 0.000000327. The van der Waals surface area contributed by atoms with Crippen molar-refractivity contribution in [2.45, 2.75) is 6.92 Å². The Kier molecular flexibility index (Phi) is 10.3. The van der Waals surface area contributed by atoms with E-state index in [9.17, 15) is 10.1 Å². The van der Waals surface area contributed by atoms with E-state index in [-0.39, 0.29) is 12.3 Å². The van der Waals surface area contributed by atoms with Gasteiger partial charge in [-0.25, -0.2) is 9.97 Å². The van der Waals surface area contributed by atoms with Crippen LogP contribution in [0.1, 0.15) is 6.92 Å². The number of hydrogen-bond donors (Lipinski definition) is 2. The van der Waals surface area contributed by atoms with Crippen molar-refractivity contribution in [3.05, 3.63) is 56.0 Å². The summed E-state index contributed by atoms with van der Waals surface area (Å²) in [5.41, 5.74) is 6.03. The molecule has 0 spiro atoms. The fraction of sp³-hybridized carbons (Fsp3) is 0.167. The number of anilines is 1. The third-order valence-electron chi connectivity index (χ3n) is 1.67. The number of nitrogens with zero attached hydrogens (tertiary/aromatic N) is 3. The zero-order valence-corrected chi connectivity index (χ0v) is 14.3. The minimum atomic E-state index is -0.487. The van der Waals surface area contributed by atoms with E-state index in [0.29, 0.717) is 10.3 Å². The Bertz CT molecular complexity index is 514. The Morgan fingerprint density at radius 2 is 1.67 bits per heavy atom. The number of aliphatic hydroxyl groups excluding tert-OH is 1. The van der Waals surface area contributed by atoms with Gasteiger partial charge in [0, 0.05) is 12.7 Å². The van der Waals surface area contributed by atoms with Gasteiger partial charge in [-0.1, -0.05) is 0 Å². The SMILES string of the molecule is CCO.Nc1ccc(Br)nc1.O=[N+]([O-])c1ccc(Br)nc1. The zero-order chi connectivity index (χ0) is 16.3. The molecule has 0 aromatic carbocycles. The number of pyridine rings is 2. The smallest absolute Gasteiger partial charge is 0.287 e. The summed E-state index contributed by atoms with van der Waals surface area (Å²) in [6.07, 6.45) is 2.80. The molecule has 21 heavy (non-hydrogen) atoms. The average molecular weight is 422 g/mol. The van der Waals surface area contributed by atoms with Gasteiger partial charge < -0.3 is 10.8 Å². The molecule has 0 amide bonds. The summed E-state index contributed by atoms with van der Waals surface area (Å²) in [7, 11) is 0. The van der Waals surface area contributed by atoms with Crippen LogP contribution in [-0.4, -0.2) is 26.6 Å². The minimum Gasteiger partial charge on any atom is -0.397 e. The molecule has 0 unspecified atom stereocenters.